The molecule has 4 nitrogen and oxygen atoms in total. The number of nitrogens with zero attached hydrogens (tertiary/aromatic N) is 3. The van der Waals surface area contributed by atoms with Gasteiger partial charge in [-0.15, -0.1) is 11.3 Å². The molecular formula is C49H29N3OS. The summed E-state index contributed by atoms with van der Waals surface area (Å²) in [6, 6.07) is 47.0. The Morgan fingerprint density at radius 3 is 1.83 bits per heavy atom. The highest BCUT2D eigenvalue weighted by atomic mass is 32.1. The van der Waals surface area contributed by atoms with Crippen LogP contribution in [0.4, 0.5) is 0 Å². The summed E-state index contributed by atoms with van der Waals surface area (Å²) in [4.78, 5) is 15.3. The fourth-order valence-electron chi connectivity index (χ4n) is 7.49. The van der Waals surface area contributed by atoms with Crippen LogP contribution in [0.5, 0.6) is 0 Å². The molecule has 0 spiro atoms. The largest absolute Gasteiger partial charge is 0.456 e. The van der Waals surface area contributed by atoms with Gasteiger partial charge in [0.2, 0.25) is 0 Å². The highest BCUT2D eigenvalue weighted by Gasteiger charge is 2.19. The van der Waals surface area contributed by atoms with Crippen molar-refractivity contribution in [2.24, 2.45) is 0 Å². The van der Waals surface area contributed by atoms with E-state index in [1.54, 1.807) is 11.3 Å². The number of hydrogen-bond acceptors (Lipinski definition) is 5. The Balaban J connectivity index is 1.13. The van der Waals surface area contributed by atoms with E-state index < -0.39 is 6.04 Å². The second-order valence-corrected chi connectivity index (χ2v) is 14.2. The lowest BCUT2D eigenvalue weighted by atomic mass is 9.95. The van der Waals surface area contributed by atoms with Crippen molar-refractivity contribution in [3.8, 4) is 56.4 Å². The Bertz CT molecular complexity index is 3500. The van der Waals surface area contributed by atoms with Crippen molar-refractivity contribution in [2.75, 3.05) is 0 Å². The smallest absolute Gasteiger partial charge is 0.164 e. The molecule has 252 valence electrons. The fourth-order valence-corrected chi connectivity index (χ4v) is 8.84. The van der Waals surface area contributed by atoms with Gasteiger partial charge in [0, 0.05) is 47.6 Å². The lowest BCUT2D eigenvalue weighted by Gasteiger charge is -2.13. The molecule has 0 bridgehead atoms. The predicted molar refractivity (Wildman–Crippen MR) is 225 cm³/mol. The van der Waals surface area contributed by atoms with Crippen LogP contribution in [-0.2, 0) is 0 Å². The van der Waals surface area contributed by atoms with Crippen LogP contribution >= 0.6 is 11.3 Å². The average Bonchev–Trinajstić information content (AvgIpc) is 3.86. The van der Waals surface area contributed by atoms with Gasteiger partial charge in [0.25, 0.3) is 0 Å². The molecule has 0 unspecified atom stereocenters. The number of para-hydroxylation sites is 1. The van der Waals surface area contributed by atoms with Crippen LogP contribution in [0.15, 0.2) is 180 Å². The Morgan fingerprint density at radius 1 is 0.407 bits per heavy atom. The number of benzene rings is 8. The molecule has 0 aliphatic rings. The van der Waals surface area contributed by atoms with Crippen molar-refractivity contribution in [3.63, 3.8) is 0 Å². The van der Waals surface area contributed by atoms with Crippen molar-refractivity contribution < 1.29 is 11.3 Å². The zero-order valence-electron chi connectivity index (χ0n) is 33.5. The second-order valence-electron chi connectivity index (χ2n) is 13.2. The van der Waals surface area contributed by atoms with Gasteiger partial charge in [-0.3, -0.25) is 0 Å². The average molecular weight is 713 g/mol. The SMILES string of the molecule is [2H]c1c([2H])c([2H])c(-c2cccc3c2sc2c(-c4cc(-c5nc(-c6ccccc6)nc(-c6ccc7c(c6)oc6ccccc67)n5)c5ccccc5c4)cccc23)c([2H])c1[2H]. The Morgan fingerprint density at radius 2 is 1.04 bits per heavy atom. The van der Waals surface area contributed by atoms with Gasteiger partial charge in [-0.1, -0.05) is 145 Å². The molecule has 11 aromatic rings. The minimum atomic E-state index is -0.407. The maximum absolute atomic E-state index is 8.75. The summed E-state index contributed by atoms with van der Waals surface area (Å²) < 4.78 is 50.5. The number of fused-ring (bicyclic) bond motifs is 7. The summed E-state index contributed by atoms with van der Waals surface area (Å²) in [6.45, 7) is 0. The van der Waals surface area contributed by atoms with Crippen LogP contribution < -0.4 is 0 Å². The van der Waals surface area contributed by atoms with E-state index in [2.05, 4.69) is 48.5 Å². The summed E-state index contributed by atoms with van der Waals surface area (Å²) >= 11 is 1.56. The van der Waals surface area contributed by atoms with Gasteiger partial charge in [0.15, 0.2) is 17.5 Å². The first kappa shape index (κ1) is 25.9. The van der Waals surface area contributed by atoms with Crippen LogP contribution in [-0.4, -0.2) is 15.0 Å². The van der Waals surface area contributed by atoms with Crippen molar-refractivity contribution >= 4 is 64.2 Å². The fraction of sp³-hybridized carbons (Fsp3) is 0. The first-order valence-electron chi connectivity index (χ1n) is 20.1. The third kappa shape index (κ3) is 5.01. The number of furan rings is 1. The Labute approximate surface area is 321 Å². The van der Waals surface area contributed by atoms with E-state index >= 15 is 0 Å². The van der Waals surface area contributed by atoms with E-state index in [0.717, 1.165) is 80.7 Å². The molecule has 0 atom stereocenters. The molecular weight excluding hydrogens is 679 g/mol. The van der Waals surface area contributed by atoms with Crippen LogP contribution in [0.1, 0.15) is 6.85 Å². The second kappa shape index (κ2) is 12.3. The van der Waals surface area contributed by atoms with Crippen molar-refractivity contribution in [2.45, 2.75) is 0 Å². The Hall–Kier alpha value is -6.95. The van der Waals surface area contributed by atoms with Crippen molar-refractivity contribution in [1.29, 1.82) is 0 Å². The van der Waals surface area contributed by atoms with E-state index in [1.165, 1.54) is 0 Å². The lowest BCUT2D eigenvalue weighted by molar-refractivity contribution is 0.669. The topological polar surface area (TPSA) is 51.8 Å². The van der Waals surface area contributed by atoms with Crippen LogP contribution in [0.3, 0.4) is 0 Å². The summed E-state index contributed by atoms with van der Waals surface area (Å²) in [7, 11) is 0. The highest BCUT2D eigenvalue weighted by molar-refractivity contribution is 7.26. The third-order valence-corrected chi connectivity index (χ3v) is 11.3. The van der Waals surface area contributed by atoms with Gasteiger partial charge >= 0.3 is 0 Å². The molecule has 8 aromatic carbocycles. The summed E-state index contributed by atoms with van der Waals surface area (Å²) in [5.74, 6) is 1.61. The quantitative estimate of drug-likeness (QED) is 0.178. The number of rotatable bonds is 5. The molecule has 3 heterocycles. The molecule has 0 aliphatic carbocycles. The monoisotopic (exact) mass is 712 g/mol. The molecule has 0 saturated heterocycles. The van der Waals surface area contributed by atoms with Gasteiger partial charge in [-0.05, 0) is 63.4 Å². The van der Waals surface area contributed by atoms with Crippen LogP contribution in [0.2, 0.25) is 0 Å². The standard InChI is InChI=1S/C49H29N3OS/c1-3-13-30(14-4-1)36-20-11-22-40-41-23-12-21-37(46(41)54-45(36)40)34-27-32-17-7-8-18-35(32)42(28-34)49-51-47(31-15-5-2-6-16-31)50-48(52-49)33-25-26-39-38-19-9-10-24-43(38)53-44(39)29-33/h1-29H/i1D,3D,4D,13D,14D. The van der Waals surface area contributed by atoms with E-state index in [9.17, 15) is 0 Å². The molecule has 5 heteroatoms. The first-order chi connectivity index (χ1) is 28.8. The van der Waals surface area contributed by atoms with E-state index in [-0.39, 0.29) is 29.7 Å². The number of thiophene rings is 1. The third-order valence-electron chi connectivity index (χ3n) is 10.0. The van der Waals surface area contributed by atoms with Crippen molar-refractivity contribution in [1.82, 2.24) is 15.0 Å². The molecule has 0 fully saturated rings. The Kier molecular flexibility index (Phi) is 5.92. The van der Waals surface area contributed by atoms with E-state index in [1.807, 2.05) is 97.1 Å². The van der Waals surface area contributed by atoms with Crippen molar-refractivity contribution in [3.05, 3.63) is 176 Å². The van der Waals surface area contributed by atoms with Gasteiger partial charge in [-0.25, -0.2) is 15.0 Å². The number of aromatic nitrogens is 3. The van der Waals surface area contributed by atoms with Gasteiger partial charge < -0.3 is 4.42 Å². The van der Waals surface area contributed by atoms with Gasteiger partial charge in [0.05, 0.1) is 6.85 Å². The summed E-state index contributed by atoms with van der Waals surface area (Å²) in [5.41, 5.74) is 6.87. The highest BCUT2D eigenvalue weighted by Crippen LogP contribution is 2.45. The molecule has 0 amide bonds. The van der Waals surface area contributed by atoms with E-state index in [0.29, 0.717) is 23.0 Å². The van der Waals surface area contributed by atoms with Gasteiger partial charge in [-0.2, -0.15) is 0 Å². The number of hydrogen-bond donors (Lipinski definition) is 0. The molecule has 0 N–H and O–H groups in total. The molecule has 11 rings (SSSR count). The maximum atomic E-state index is 8.75. The summed E-state index contributed by atoms with van der Waals surface area (Å²) in [6.07, 6.45) is 0. The normalized spacial score (nSPS) is 13.0. The predicted octanol–water partition coefficient (Wildman–Crippen LogP) is 13.6. The summed E-state index contributed by atoms with van der Waals surface area (Å²) in [5, 5.41) is 6.06. The lowest BCUT2D eigenvalue weighted by Crippen LogP contribution is -2.01. The minimum absolute atomic E-state index is 0.196. The molecule has 0 radical (unpaired) electrons. The zero-order valence-corrected chi connectivity index (χ0v) is 29.3. The minimum Gasteiger partial charge on any atom is -0.456 e. The molecule has 0 aliphatic heterocycles. The van der Waals surface area contributed by atoms with Crippen LogP contribution in [0.25, 0.3) is 109 Å². The first-order valence-corrected chi connectivity index (χ1v) is 18.4. The zero-order chi connectivity index (χ0) is 39.9. The van der Waals surface area contributed by atoms with E-state index in [4.69, 9.17) is 26.2 Å². The van der Waals surface area contributed by atoms with Crippen LogP contribution in [0, 0.1) is 0 Å². The molecule has 3 aromatic heterocycles. The maximum Gasteiger partial charge on any atom is 0.164 e. The molecule has 0 saturated carbocycles. The molecule has 54 heavy (non-hydrogen) atoms. The van der Waals surface area contributed by atoms with Gasteiger partial charge in [0.1, 0.15) is 11.2 Å².